The minimum Gasteiger partial charge on any atom is -0.365 e. The van der Waals surface area contributed by atoms with Gasteiger partial charge in [0.1, 0.15) is 0 Å². The van der Waals surface area contributed by atoms with Crippen molar-refractivity contribution < 1.29 is 4.79 Å². The molecule has 0 radical (unpaired) electrons. The second-order valence-electron chi connectivity index (χ2n) is 9.72. The Morgan fingerprint density at radius 2 is 1.76 bits per heavy atom. The Labute approximate surface area is 200 Å². The average Bonchev–Trinajstić information content (AvgIpc) is 2.86. The third-order valence-electron chi connectivity index (χ3n) is 7.38. The lowest BCUT2D eigenvalue weighted by Crippen LogP contribution is -2.55. The molecule has 1 atom stereocenters. The highest BCUT2D eigenvalue weighted by Gasteiger charge is 2.33. The lowest BCUT2D eigenvalue weighted by molar-refractivity contribution is -0.137. The lowest BCUT2D eigenvalue weighted by atomic mass is 9.94. The number of fused-ring (bicyclic) bond motifs is 1. The highest BCUT2D eigenvalue weighted by molar-refractivity contribution is 5.80. The van der Waals surface area contributed by atoms with E-state index in [1.165, 1.54) is 11.3 Å². The van der Waals surface area contributed by atoms with Gasteiger partial charge in [0.15, 0.2) is 5.82 Å². The minimum atomic E-state index is -0.0791. The van der Waals surface area contributed by atoms with Crippen LogP contribution in [-0.2, 0) is 11.8 Å². The summed E-state index contributed by atoms with van der Waals surface area (Å²) in [4.78, 5) is 37.4. The Morgan fingerprint density at radius 1 is 1.00 bits per heavy atom. The molecule has 0 unspecified atom stereocenters. The number of aromatic nitrogens is 2. The van der Waals surface area contributed by atoms with Crippen LogP contribution in [0.25, 0.3) is 11.0 Å². The number of anilines is 2. The van der Waals surface area contributed by atoms with Gasteiger partial charge in [0.2, 0.25) is 5.91 Å². The molecule has 7 heteroatoms. The van der Waals surface area contributed by atoms with Crippen molar-refractivity contribution in [1.82, 2.24) is 14.5 Å². The molecule has 7 nitrogen and oxygen atoms in total. The van der Waals surface area contributed by atoms with E-state index in [0.717, 1.165) is 43.5 Å². The number of carbonyl (C=O) groups is 1. The van der Waals surface area contributed by atoms with Gasteiger partial charge in [-0.1, -0.05) is 24.3 Å². The van der Waals surface area contributed by atoms with Gasteiger partial charge in [0, 0.05) is 57.4 Å². The molecule has 178 valence electrons. The fourth-order valence-corrected chi connectivity index (χ4v) is 5.41. The first-order valence-corrected chi connectivity index (χ1v) is 12.2. The van der Waals surface area contributed by atoms with Gasteiger partial charge in [-0.05, 0) is 56.5 Å². The van der Waals surface area contributed by atoms with Crippen LogP contribution in [0.3, 0.4) is 0 Å². The maximum atomic E-state index is 13.3. The first-order chi connectivity index (χ1) is 16.4. The standard InChI is InChI=1S/C27H33N5O2/c1-19-7-6-8-22(17-19)32-16-15-31(18-20(32)2)26(33)21-11-13-30(14-12-21)25-27(34)29(3)24-10-5-4-9-23(24)28-25/h4-10,17,20-21H,11-16,18H2,1-3H3/t20-/m0/s1. The normalized spacial score (nSPS) is 19.6. The molecule has 0 saturated carbocycles. The Bertz CT molecular complexity index is 1260. The molecule has 3 aromatic rings. The summed E-state index contributed by atoms with van der Waals surface area (Å²) in [6.45, 7) is 8.02. The molecule has 1 aromatic heterocycles. The number of carbonyl (C=O) groups excluding carboxylic acids is 1. The Hall–Kier alpha value is -3.35. The van der Waals surface area contributed by atoms with Gasteiger partial charge >= 0.3 is 0 Å². The van der Waals surface area contributed by atoms with Crippen molar-refractivity contribution >= 4 is 28.4 Å². The number of hydrogen-bond donors (Lipinski definition) is 0. The number of rotatable bonds is 3. The third-order valence-corrected chi connectivity index (χ3v) is 7.38. The van der Waals surface area contributed by atoms with Crippen LogP contribution < -0.4 is 15.4 Å². The van der Waals surface area contributed by atoms with Gasteiger partial charge in [0.05, 0.1) is 11.0 Å². The van der Waals surface area contributed by atoms with E-state index in [-0.39, 0.29) is 23.4 Å². The number of benzene rings is 2. The zero-order valence-corrected chi connectivity index (χ0v) is 20.3. The van der Waals surface area contributed by atoms with Gasteiger partial charge in [-0.3, -0.25) is 9.59 Å². The molecule has 2 aliphatic rings. The third kappa shape index (κ3) is 4.15. The number of aryl methyl sites for hydroxylation is 2. The van der Waals surface area contributed by atoms with Crippen LogP contribution in [0.2, 0.25) is 0 Å². The molecular weight excluding hydrogens is 426 g/mol. The Morgan fingerprint density at radius 3 is 2.50 bits per heavy atom. The summed E-state index contributed by atoms with van der Waals surface area (Å²) in [7, 11) is 1.80. The summed E-state index contributed by atoms with van der Waals surface area (Å²) >= 11 is 0. The number of piperidine rings is 1. The average molecular weight is 460 g/mol. The van der Waals surface area contributed by atoms with Crippen LogP contribution in [0.4, 0.5) is 11.5 Å². The molecule has 2 aromatic carbocycles. The van der Waals surface area contributed by atoms with Crippen LogP contribution in [0.15, 0.2) is 53.3 Å². The summed E-state index contributed by atoms with van der Waals surface area (Å²) in [6, 6.07) is 16.6. The SMILES string of the molecule is Cc1cccc(N2CCN(C(=O)C3CCN(c4nc5ccccc5n(C)c4=O)CC3)C[C@@H]2C)c1. The lowest BCUT2D eigenvalue weighted by Gasteiger charge is -2.43. The van der Waals surface area contributed by atoms with E-state index in [4.69, 9.17) is 0 Å². The van der Waals surface area contributed by atoms with Gasteiger partial charge in [-0.15, -0.1) is 0 Å². The highest BCUT2D eigenvalue weighted by Crippen LogP contribution is 2.26. The molecule has 1 amide bonds. The van der Waals surface area contributed by atoms with Crippen LogP contribution in [0.5, 0.6) is 0 Å². The first-order valence-electron chi connectivity index (χ1n) is 12.2. The zero-order chi connectivity index (χ0) is 23.8. The quantitative estimate of drug-likeness (QED) is 0.602. The van der Waals surface area contributed by atoms with Gasteiger partial charge < -0.3 is 19.3 Å². The van der Waals surface area contributed by atoms with E-state index in [2.05, 4.69) is 52.9 Å². The summed E-state index contributed by atoms with van der Waals surface area (Å²) in [5.74, 6) is 0.764. The fraction of sp³-hybridized carbons (Fsp3) is 0.444. The smallest absolute Gasteiger partial charge is 0.293 e. The van der Waals surface area contributed by atoms with Gasteiger partial charge in [0.25, 0.3) is 5.56 Å². The van der Waals surface area contributed by atoms with Crippen molar-refractivity contribution in [3.63, 3.8) is 0 Å². The van der Waals surface area contributed by atoms with Crippen molar-refractivity contribution in [2.45, 2.75) is 32.7 Å². The second-order valence-corrected chi connectivity index (χ2v) is 9.72. The fourth-order valence-electron chi connectivity index (χ4n) is 5.41. The molecule has 5 rings (SSSR count). The van der Waals surface area contributed by atoms with Crippen molar-refractivity contribution in [3.8, 4) is 0 Å². The Balaban J connectivity index is 1.23. The van der Waals surface area contributed by atoms with E-state index < -0.39 is 0 Å². The predicted octanol–water partition coefficient (Wildman–Crippen LogP) is 3.20. The van der Waals surface area contributed by atoms with E-state index in [9.17, 15) is 9.59 Å². The van der Waals surface area contributed by atoms with Gasteiger partial charge in [-0.25, -0.2) is 4.98 Å². The zero-order valence-electron chi connectivity index (χ0n) is 20.3. The minimum absolute atomic E-state index is 0.0123. The first kappa shape index (κ1) is 22.4. The van der Waals surface area contributed by atoms with Crippen molar-refractivity contribution in [3.05, 3.63) is 64.4 Å². The summed E-state index contributed by atoms with van der Waals surface area (Å²) in [5.41, 5.74) is 4.06. The molecule has 0 spiro atoms. The number of amides is 1. The largest absolute Gasteiger partial charge is 0.365 e. The van der Waals surface area contributed by atoms with Crippen molar-refractivity contribution in [1.29, 1.82) is 0 Å². The van der Waals surface area contributed by atoms with Crippen LogP contribution in [-0.4, -0.2) is 59.1 Å². The van der Waals surface area contributed by atoms with Crippen molar-refractivity contribution in [2.75, 3.05) is 42.5 Å². The predicted molar refractivity (Wildman–Crippen MR) is 136 cm³/mol. The number of piperazine rings is 1. The molecule has 0 aliphatic carbocycles. The second kappa shape index (κ2) is 9.12. The molecule has 3 heterocycles. The molecule has 34 heavy (non-hydrogen) atoms. The molecule has 0 N–H and O–H groups in total. The number of para-hydroxylation sites is 2. The van der Waals surface area contributed by atoms with Crippen LogP contribution >= 0.6 is 0 Å². The molecule has 0 bridgehead atoms. The van der Waals surface area contributed by atoms with E-state index in [0.29, 0.717) is 18.9 Å². The van der Waals surface area contributed by atoms with E-state index in [1.807, 2.05) is 29.2 Å². The molecule has 2 fully saturated rings. The molecular formula is C27H33N5O2. The maximum absolute atomic E-state index is 13.3. The number of hydrogen-bond acceptors (Lipinski definition) is 5. The van der Waals surface area contributed by atoms with Crippen LogP contribution in [0.1, 0.15) is 25.3 Å². The van der Waals surface area contributed by atoms with Gasteiger partial charge in [-0.2, -0.15) is 0 Å². The summed E-state index contributed by atoms with van der Waals surface area (Å²) < 4.78 is 1.67. The molecule has 2 saturated heterocycles. The Kier molecular flexibility index (Phi) is 6.02. The van der Waals surface area contributed by atoms with Crippen molar-refractivity contribution in [2.24, 2.45) is 13.0 Å². The van der Waals surface area contributed by atoms with E-state index >= 15 is 0 Å². The molecule has 2 aliphatic heterocycles. The summed E-state index contributed by atoms with van der Waals surface area (Å²) in [5, 5.41) is 0. The summed E-state index contributed by atoms with van der Waals surface area (Å²) in [6.07, 6.45) is 1.51. The number of nitrogens with zero attached hydrogens (tertiary/aromatic N) is 5. The van der Waals surface area contributed by atoms with Crippen LogP contribution in [0, 0.1) is 12.8 Å². The maximum Gasteiger partial charge on any atom is 0.293 e. The topological polar surface area (TPSA) is 61.7 Å². The van der Waals surface area contributed by atoms with E-state index in [1.54, 1.807) is 11.6 Å². The highest BCUT2D eigenvalue weighted by atomic mass is 16.2. The monoisotopic (exact) mass is 459 g/mol.